The van der Waals surface area contributed by atoms with Gasteiger partial charge in [-0.2, -0.15) is 11.8 Å². The number of phenolic OH excluding ortho intramolecular Hbond substituents is 1. The van der Waals surface area contributed by atoms with Crippen LogP contribution < -0.4 is 5.32 Å². The molecule has 0 fully saturated rings. The van der Waals surface area contributed by atoms with Gasteiger partial charge in [-0.25, -0.2) is 0 Å². The van der Waals surface area contributed by atoms with Gasteiger partial charge in [-0.15, -0.1) is 0 Å². The Morgan fingerprint density at radius 2 is 2.19 bits per heavy atom. The highest BCUT2D eigenvalue weighted by molar-refractivity contribution is 7.98. The van der Waals surface area contributed by atoms with Gasteiger partial charge in [-0.3, -0.25) is 0 Å². The molecule has 0 radical (unpaired) electrons. The summed E-state index contributed by atoms with van der Waals surface area (Å²) in [6.45, 7) is 4.33. The molecule has 0 bridgehead atoms. The predicted molar refractivity (Wildman–Crippen MR) is 72.1 cm³/mol. The van der Waals surface area contributed by atoms with E-state index in [0.717, 1.165) is 17.7 Å². The van der Waals surface area contributed by atoms with Gasteiger partial charge in [0.05, 0.1) is 0 Å². The zero-order chi connectivity index (χ0) is 12.0. The highest BCUT2D eigenvalue weighted by atomic mass is 32.2. The third-order valence-electron chi connectivity index (χ3n) is 2.72. The van der Waals surface area contributed by atoms with Crippen LogP contribution in [0, 0.1) is 0 Å². The largest absolute Gasteiger partial charge is 0.508 e. The molecular formula is C13H21NOS. The second kappa shape index (κ2) is 6.81. The summed E-state index contributed by atoms with van der Waals surface area (Å²) >= 11 is 1.86. The van der Waals surface area contributed by atoms with Gasteiger partial charge in [0.15, 0.2) is 0 Å². The zero-order valence-electron chi connectivity index (χ0n) is 10.2. The first kappa shape index (κ1) is 13.4. The van der Waals surface area contributed by atoms with E-state index in [-0.39, 0.29) is 6.04 Å². The average molecular weight is 239 g/mol. The van der Waals surface area contributed by atoms with Crippen LogP contribution in [0.3, 0.4) is 0 Å². The Kier molecular flexibility index (Phi) is 5.71. The zero-order valence-corrected chi connectivity index (χ0v) is 11.1. The molecule has 0 amide bonds. The van der Waals surface area contributed by atoms with Gasteiger partial charge in [-0.05, 0) is 37.3 Å². The highest BCUT2D eigenvalue weighted by Crippen LogP contribution is 2.19. The molecule has 0 saturated carbocycles. The topological polar surface area (TPSA) is 32.3 Å². The van der Waals surface area contributed by atoms with Crippen LogP contribution in [0.5, 0.6) is 5.75 Å². The number of benzene rings is 1. The molecule has 2 nitrogen and oxygen atoms in total. The summed E-state index contributed by atoms with van der Waals surface area (Å²) in [7, 11) is 0. The van der Waals surface area contributed by atoms with E-state index >= 15 is 0 Å². The number of phenols is 1. The summed E-state index contributed by atoms with van der Waals surface area (Å²) in [5.74, 6) is 1.46. The Balaban J connectivity index is 2.60. The molecule has 0 aliphatic rings. The van der Waals surface area contributed by atoms with E-state index in [4.69, 9.17) is 0 Å². The van der Waals surface area contributed by atoms with Crippen LogP contribution in [-0.2, 0) is 0 Å². The number of aromatic hydroxyl groups is 1. The smallest absolute Gasteiger partial charge is 0.115 e. The van der Waals surface area contributed by atoms with Crippen molar-refractivity contribution in [2.45, 2.75) is 32.4 Å². The molecule has 1 rings (SSSR count). The summed E-state index contributed by atoms with van der Waals surface area (Å²) in [4.78, 5) is 0. The van der Waals surface area contributed by atoms with E-state index in [2.05, 4.69) is 25.4 Å². The second-order valence-corrected chi connectivity index (χ2v) is 4.95. The standard InChI is InChI=1S/C13H21NOS/c1-4-12(9-16-3)14-10(2)11-6-5-7-13(15)8-11/h5-8,10,12,14-15H,4,9H2,1-3H3. The normalized spacial score (nSPS) is 14.7. The minimum absolute atomic E-state index is 0.282. The Bertz CT molecular complexity index is 317. The third-order valence-corrected chi connectivity index (χ3v) is 3.45. The van der Waals surface area contributed by atoms with Gasteiger partial charge in [0.25, 0.3) is 0 Å². The molecule has 2 atom stereocenters. The van der Waals surface area contributed by atoms with Gasteiger partial charge in [0.1, 0.15) is 5.75 Å². The minimum Gasteiger partial charge on any atom is -0.508 e. The van der Waals surface area contributed by atoms with Crippen LogP contribution in [0.25, 0.3) is 0 Å². The first-order valence-corrected chi connectivity index (χ1v) is 7.10. The fourth-order valence-electron chi connectivity index (χ4n) is 1.73. The molecule has 0 aromatic heterocycles. The van der Waals surface area contributed by atoms with E-state index < -0.39 is 0 Å². The molecule has 2 unspecified atom stereocenters. The number of thioether (sulfide) groups is 1. The number of rotatable bonds is 6. The van der Waals surface area contributed by atoms with Gasteiger partial charge in [0, 0.05) is 17.8 Å². The molecule has 2 N–H and O–H groups in total. The molecular weight excluding hydrogens is 218 g/mol. The molecule has 1 aromatic carbocycles. The van der Waals surface area contributed by atoms with Gasteiger partial charge in [0.2, 0.25) is 0 Å². The summed E-state index contributed by atoms with van der Waals surface area (Å²) in [5, 5.41) is 13.0. The van der Waals surface area contributed by atoms with Crippen LogP contribution in [0.15, 0.2) is 24.3 Å². The lowest BCUT2D eigenvalue weighted by Crippen LogP contribution is -2.32. The van der Waals surface area contributed by atoms with E-state index in [1.54, 1.807) is 6.07 Å². The van der Waals surface area contributed by atoms with E-state index in [1.807, 2.05) is 30.0 Å². The average Bonchev–Trinajstić information content (AvgIpc) is 2.28. The summed E-state index contributed by atoms with van der Waals surface area (Å²) in [5.41, 5.74) is 1.14. The molecule has 90 valence electrons. The van der Waals surface area contributed by atoms with Crippen molar-refractivity contribution in [1.29, 1.82) is 0 Å². The predicted octanol–water partition coefficient (Wildman–Crippen LogP) is 3.18. The molecule has 0 saturated heterocycles. The fourth-order valence-corrected chi connectivity index (χ4v) is 2.46. The van der Waals surface area contributed by atoms with Crippen molar-refractivity contribution in [2.24, 2.45) is 0 Å². The van der Waals surface area contributed by atoms with Crippen LogP contribution in [0.1, 0.15) is 31.9 Å². The Hall–Kier alpha value is -0.670. The van der Waals surface area contributed by atoms with E-state index in [1.165, 1.54) is 0 Å². The van der Waals surface area contributed by atoms with Crippen molar-refractivity contribution in [3.05, 3.63) is 29.8 Å². The first-order chi connectivity index (χ1) is 7.67. The third kappa shape index (κ3) is 4.06. The Labute approximate surface area is 102 Å². The lowest BCUT2D eigenvalue weighted by Gasteiger charge is -2.22. The van der Waals surface area contributed by atoms with Crippen LogP contribution in [-0.4, -0.2) is 23.2 Å². The Morgan fingerprint density at radius 1 is 1.44 bits per heavy atom. The molecule has 16 heavy (non-hydrogen) atoms. The molecule has 0 aliphatic carbocycles. The van der Waals surface area contributed by atoms with Crippen LogP contribution in [0.4, 0.5) is 0 Å². The van der Waals surface area contributed by atoms with Crippen molar-refractivity contribution in [3.63, 3.8) is 0 Å². The monoisotopic (exact) mass is 239 g/mol. The summed E-state index contributed by atoms with van der Waals surface area (Å²) < 4.78 is 0. The number of hydrogen-bond donors (Lipinski definition) is 2. The quantitative estimate of drug-likeness (QED) is 0.799. The lowest BCUT2D eigenvalue weighted by atomic mass is 10.1. The SMILES string of the molecule is CCC(CSC)NC(C)c1cccc(O)c1. The van der Waals surface area contributed by atoms with Crippen molar-refractivity contribution in [2.75, 3.05) is 12.0 Å². The van der Waals surface area contributed by atoms with Crippen molar-refractivity contribution >= 4 is 11.8 Å². The van der Waals surface area contributed by atoms with Gasteiger partial charge < -0.3 is 10.4 Å². The van der Waals surface area contributed by atoms with Gasteiger partial charge >= 0.3 is 0 Å². The maximum atomic E-state index is 9.42. The van der Waals surface area contributed by atoms with Gasteiger partial charge in [-0.1, -0.05) is 19.1 Å². The molecule has 0 aliphatic heterocycles. The van der Waals surface area contributed by atoms with Crippen LogP contribution in [0.2, 0.25) is 0 Å². The number of nitrogens with one attached hydrogen (secondary N) is 1. The fraction of sp³-hybridized carbons (Fsp3) is 0.538. The Morgan fingerprint density at radius 3 is 2.75 bits per heavy atom. The molecule has 0 heterocycles. The highest BCUT2D eigenvalue weighted by Gasteiger charge is 2.11. The number of hydrogen-bond acceptors (Lipinski definition) is 3. The second-order valence-electron chi connectivity index (χ2n) is 4.04. The lowest BCUT2D eigenvalue weighted by molar-refractivity contribution is 0.460. The minimum atomic E-state index is 0.282. The maximum absolute atomic E-state index is 9.42. The first-order valence-electron chi connectivity index (χ1n) is 5.71. The van der Waals surface area contributed by atoms with E-state index in [9.17, 15) is 5.11 Å². The van der Waals surface area contributed by atoms with Crippen molar-refractivity contribution in [1.82, 2.24) is 5.32 Å². The summed E-state index contributed by atoms with van der Waals surface area (Å²) in [6.07, 6.45) is 3.26. The molecule has 0 spiro atoms. The van der Waals surface area contributed by atoms with E-state index in [0.29, 0.717) is 11.8 Å². The molecule has 1 aromatic rings. The summed E-state index contributed by atoms with van der Waals surface area (Å²) in [6, 6.07) is 8.28. The van der Waals surface area contributed by atoms with Crippen molar-refractivity contribution < 1.29 is 5.11 Å². The van der Waals surface area contributed by atoms with Crippen LogP contribution >= 0.6 is 11.8 Å². The van der Waals surface area contributed by atoms with Crippen molar-refractivity contribution in [3.8, 4) is 5.75 Å². The maximum Gasteiger partial charge on any atom is 0.115 e. The molecule has 3 heteroatoms.